The van der Waals surface area contributed by atoms with Crippen molar-refractivity contribution in [2.24, 2.45) is 0 Å². The predicted molar refractivity (Wildman–Crippen MR) is 123 cm³/mol. The molecule has 4 aromatic rings. The molecule has 0 atom stereocenters. The van der Waals surface area contributed by atoms with E-state index in [0.717, 1.165) is 33.3 Å². The van der Waals surface area contributed by atoms with Crippen molar-refractivity contribution in [1.29, 1.82) is 0 Å². The van der Waals surface area contributed by atoms with Gasteiger partial charge in [0.25, 0.3) is 5.91 Å². The highest BCUT2D eigenvalue weighted by Gasteiger charge is 2.10. The second kappa shape index (κ2) is 9.60. The van der Waals surface area contributed by atoms with Gasteiger partial charge in [0.2, 0.25) is 0 Å². The fourth-order valence-corrected chi connectivity index (χ4v) is 3.49. The Hall–Kier alpha value is -3.41. The van der Waals surface area contributed by atoms with Gasteiger partial charge >= 0.3 is 0 Å². The summed E-state index contributed by atoms with van der Waals surface area (Å²) < 4.78 is 5.50. The van der Waals surface area contributed by atoms with E-state index in [2.05, 4.69) is 23.5 Å². The molecule has 0 fully saturated rings. The number of nitrogens with zero attached hydrogens (tertiary/aromatic N) is 1. The van der Waals surface area contributed by atoms with Crippen LogP contribution in [0.25, 0.3) is 33.3 Å². The average molecular weight is 433 g/mol. The molecule has 0 aliphatic carbocycles. The molecule has 0 aliphatic rings. The summed E-state index contributed by atoms with van der Waals surface area (Å²) in [7, 11) is 0. The number of benzene rings is 3. The van der Waals surface area contributed by atoms with Crippen LogP contribution in [-0.2, 0) is 4.79 Å². The molecule has 3 aromatic carbocycles. The number of nitrogens with one attached hydrogen (secondary N) is 1. The maximum atomic E-state index is 11.6. The molecule has 1 amide bonds. The van der Waals surface area contributed by atoms with Crippen molar-refractivity contribution in [3.8, 4) is 28.1 Å². The SMILES string of the molecule is O=C(COc1ccc(-c2cc(-c3ccccc3)c3ccc(Cl)cc3n2)cc1)NCCO. The van der Waals surface area contributed by atoms with Crippen molar-refractivity contribution in [3.05, 3.63) is 83.9 Å². The molecule has 1 aromatic heterocycles. The van der Waals surface area contributed by atoms with Crippen molar-refractivity contribution < 1.29 is 14.6 Å². The fraction of sp³-hybridized carbons (Fsp3) is 0.120. The van der Waals surface area contributed by atoms with Crippen molar-refractivity contribution >= 4 is 28.4 Å². The number of fused-ring (bicyclic) bond motifs is 1. The Morgan fingerprint density at radius 1 is 0.968 bits per heavy atom. The molecule has 4 rings (SSSR count). The summed E-state index contributed by atoms with van der Waals surface area (Å²) in [5.74, 6) is 0.300. The molecular formula is C25H21ClN2O3. The van der Waals surface area contributed by atoms with E-state index in [9.17, 15) is 4.79 Å². The zero-order valence-electron chi connectivity index (χ0n) is 16.7. The van der Waals surface area contributed by atoms with E-state index in [-0.39, 0.29) is 25.7 Å². The molecular weight excluding hydrogens is 412 g/mol. The smallest absolute Gasteiger partial charge is 0.258 e. The van der Waals surface area contributed by atoms with Gasteiger partial charge in [-0.05, 0) is 53.6 Å². The number of hydrogen-bond acceptors (Lipinski definition) is 4. The summed E-state index contributed by atoms with van der Waals surface area (Å²) in [6.45, 7) is 0.00211. The Bertz CT molecular complexity index is 1190. The Balaban J connectivity index is 1.64. The minimum absolute atomic E-state index is 0.102. The van der Waals surface area contributed by atoms with E-state index >= 15 is 0 Å². The summed E-state index contributed by atoms with van der Waals surface area (Å²) in [6.07, 6.45) is 0. The van der Waals surface area contributed by atoms with E-state index in [1.54, 1.807) is 12.1 Å². The van der Waals surface area contributed by atoms with Gasteiger partial charge in [0.05, 0.1) is 17.8 Å². The number of aliphatic hydroxyl groups excluding tert-OH is 1. The Morgan fingerprint density at radius 2 is 1.74 bits per heavy atom. The number of carbonyl (C=O) groups excluding carboxylic acids is 1. The van der Waals surface area contributed by atoms with Crippen LogP contribution >= 0.6 is 11.6 Å². The molecule has 0 spiro atoms. The lowest BCUT2D eigenvalue weighted by atomic mass is 9.98. The molecule has 1 heterocycles. The molecule has 6 heteroatoms. The summed E-state index contributed by atoms with van der Waals surface area (Å²) in [6, 6.07) is 25.4. The quantitative estimate of drug-likeness (QED) is 0.443. The third-order valence-corrected chi connectivity index (χ3v) is 5.05. The lowest BCUT2D eigenvalue weighted by molar-refractivity contribution is -0.123. The topological polar surface area (TPSA) is 71.5 Å². The van der Waals surface area contributed by atoms with Crippen molar-refractivity contribution in [3.63, 3.8) is 0 Å². The Kier molecular flexibility index (Phi) is 6.46. The number of aromatic nitrogens is 1. The number of carbonyl (C=O) groups is 1. The minimum atomic E-state index is -0.279. The highest BCUT2D eigenvalue weighted by Crippen LogP contribution is 2.33. The number of halogens is 1. The van der Waals surface area contributed by atoms with Gasteiger partial charge in [0.15, 0.2) is 6.61 Å². The van der Waals surface area contributed by atoms with E-state index in [4.69, 9.17) is 26.4 Å². The number of amides is 1. The van der Waals surface area contributed by atoms with Gasteiger partial charge in [-0.25, -0.2) is 4.98 Å². The molecule has 0 saturated heterocycles. The van der Waals surface area contributed by atoms with Crippen molar-refractivity contribution in [2.75, 3.05) is 19.8 Å². The second-order valence-corrected chi connectivity index (χ2v) is 7.41. The molecule has 0 saturated carbocycles. The van der Waals surface area contributed by atoms with Gasteiger partial charge < -0.3 is 15.2 Å². The van der Waals surface area contributed by atoms with E-state index in [1.165, 1.54) is 0 Å². The monoisotopic (exact) mass is 432 g/mol. The Morgan fingerprint density at radius 3 is 2.48 bits per heavy atom. The third kappa shape index (κ3) is 5.02. The lowest BCUT2D eigenvalue weighted by Gasteiger charge is -2.11. The zero-order valence-corrected chi connectivity index (χ0v) is 17.5. The van der Waals surface area contributed by atoms with E-state index in [0.29, 0.717) is 10.8 Å². The highest BCUT2D eigenvalue weighted by atomic mass is 35.5. The van der Waals surface area contributed by atoms with Gasteiger partial charge in [-0.15, -0.1) is 0 Å². The maximum Gasteiger partial charge on any atom is 0.258 e. The van der Waals surface area contributed by atoms with Crippen LogP contribution < -0.4 is 10.1 Å². The van der Waals surface area contributed by atoms with Crippen LogP contribution in [0.3, 0.4) is 0 Å². The van der Waals surface area contributed by atoms with Gasteiger partial charge in [0, 0.05) is 22.5 Å². The van der Waals surface area contributed by atoms with Gasteiger partial charge in [0.1, 0.15) is 5.75 Å². The van der Waals surface area contributed by atoms with E-state index < -0.39 is 0 Å². The summed E-state index contributed by atoms with van der Waals surface area (Å²) in [4.78, 5) is 16.4. The first-order chi connectivity index (χ1) is 15.1. The fourth-order valence-electron chi connectivity index (χ4n) is 3.32. The van der Waals surface area contributed by atoms with Crippen LogP contribution in [0.5, 0.6) is 5.75 Å². The highest BCUT2D eigenvalue weighted by molar-refractivity contribution is 6.31. The molecule has 0 bridgehead atoms. The maximum absolute atomic E-state index is 11.6. The van der Waals surface area contributed by atoms with Gasteiger partial charge in [-0.1, -0.05) is 48.0 Å². The number of hydrogen-bond donors (Lipinski definition) is 2. The van der Waals surface area contributed by atoms with Crippen LogP contribution in [0.4, 0.5) is 0 Å². The minimum Gasteiger partial charge on any atom is -0.484 e. The number of aliphatic hydroxyl groups is 1. The molecule has 0 radical (unpaired) electrons. The molecule has 156 valence electrons. The van der Waals surface area contributed by atoms with Gasteiger partial charge in [-0.2, -0.15) is 0 Å². The molecule has 0 unspecified atom stereocenters. The first-order valence-corrected chi connectivity index (χ1v) is 10.3. The van der Waals surface area contributed by atoms with Crippen molar-refractivity contribution in [1.82, 2.24) is 10.3 Å². The molecule has 31 heavy (non-hydrogen) atoms. The van der Waals surface area contributed by atoms with Crippen LogP contribution in [0.1, 0.15) is 0 Å². The first kappa shape index (κ1) is 20.8. The number of pyridine rings is 1. The summed E-state index contributed by atoms with van der Waals surface area (Å²) in [5, 5.41) is 13.0. The number of rotatable bonds is 7. The standard InChI is InChI=1S/C25H21ClN2O3/c26-19-8-11-21-22(17-4-2-1-3-5-17)15-23(28-24(21)14-19)18-6-9-20(10-7-18)31-16-25(30)27-12-13-29/h1-11,14-15,29H,12-13,16H2,(H,27,30). The largest absolute Gasteiger partial charge is 0.484 e. The number of ether oxygens (including phenoxy) is 1. The normalized spacial score (nSPS) is 10.8. The molecule has 5 nitrogen and oxygen atoms in total. The molecule has 2 N–H and O–H groups in total. The van der Waals surface area contributed by atoms with E-state index in [1.807, 2.05) is 48.5 Å². The zero-order chi connectivity index (χ0) is 21.6. The van der Waals surface area contributed by atoms with Crippen LogP contribution in [0.2, 0.25) is 5.02 Å². The third-order valence-electron chi connectivity index (χ3n) is 4.81. The van der Waals surface area contributed by atoms with Crippen LogP contribution in [0, 0.1) is 0 Å². The summed E-state index contributed by atoms with van der Waals surface area (Å²) >= 11 is 6.23. The first-order valence-electron chi connectivity index (χ1n) is 9.90. The Labute approximate surface area is 185 Å². The predicted octanol–water partition coefficient (Wildman–Crippen LogP) is 4.71. The van der Waals surface area contributed by atoms with Crippen molar-refractivity contribution in [2.45, 2.75) is 0 Å². The lowest BCUT2D eigenvalue weighted by Crippen LogP contribution is -2.31. The van der Waals surface area contributed by atoms with Gasteiger partial charge in [-0.3, -0.25) is 4.79 Å². The summed E-state index contributed by atoms with van der Waals surface area (Å²) in [5.41, 5.74) is 4.76. The molecule has 0 aliphatic heterocycles. The average Bonchev–Trinajstić information content (AvgIpc) is 2.81. The van der Waals surface area contributed by atoms with Crippen LogP contribution in [0.15, 0.2) is 78.9 Å². The second-order valence-electron chi connectivity index (χ2n) is 6.97. The van der Waals surface area contributed by atoms with Crippen LogP contribution in [-0.4, -0.2) is 35.8 Å².